The van der Waals surface area contributed by atoms with Crippen molar-refractivity contribution in [3.05, 3.63) is 41.2 Å². The summed E-state index contributed by atoms with van der Waals surface area (Å²) in [6.45, 7) is 0.945. The van der Waals surface area contributed by atoms with Crippen molar-refractivity contribution in [2.24, 2.45) is 0 Å². The predicted molar refractivity (Wildman–Crippen MR) is 72.9 cm³/mol. The lowest BCUT2D eigenvalue weighted by Gasteiger charge is -2.08. The summed E-state index contributed by atoms with van der Waals surface area (Å²) in [5.74, 6) is -0.974. The fraction of sp³-hybridized carbons (Fsp3) is 0.429. The van der Waals surface area contributed by atoms with Crippen molar-refractivity contribution in [1.82, 2.24) is 25.1 Å². The topological polar surface area (TPSA) is 72.7 Å². The van der Waals surface area contributed by atoms with Crippen LogP contribution in [0.2, 0.25) is 0 Å². The maximum Gasteiger partial charge on any atom is 0.273 e. The van der Waals surface area contributed by atoms with Crippen LogP contribution >= 0.6 is 0 Å². The van der Waals surface area contributed by atoms with Gasteiger partial charge in [0.05, 0.1) is 12.7 Å². The van der Waals surface area contributed by atoms with Gasteiger partial charge >= 0.3 is 0 Å². The highest BCUT2D eigenvalue weighted by Crippen LogP contribution is 2.14. The van der Waals surface area contributed by atoms with Gasteiger partial charge < -0.3 is 9.88 Å². The van der Waals surface area contributed by atoms with Gasteiger partial charge in [0.2, 0.25) is 0 Å². The van der Waals surface area contributed by atoms with Crippen LogP contribution in [0.3, 0.4) is 0 Å². The molecule has 0 radical (unpaired) electrons. The highest BCUT2D eigenvalue weighted by atomic mass is 19.1. The summed E-state index contributed by atoms with van der Waals surface area (Å²) in [7, 11) is 0. The first-order valence-corrected chi connectivity index (χ1v) is 7.15. The van der Waals surface area contributed by atoms with Crippen LogP contribution < -0.4 is 5.32 Å². The Morgan fingerprint density at radius 3 is 2.95 bits per heavy atom. The summed E-state index contributed by atoms with van der Waals surface area (Å²) in [6, 6.07) is 0.630. The third-order valence-corrected chi connectivity index (χ3v) is 3.62. The van der Waals surface area contributed by atoms with E-state index in [4.69, 9.17) is 0 Å². The first-order valence-electron chi connectivity index (χ1n) is 7.15. The molecule has 0 atom stereocenters. The molecule has 1 amide bonds. The van der Waals surface area contributed by atoms with E-state index in [0.29, 0.717) is 11.9 Å². The van der Waals surface area contributed by atoms with E-state index >= 15 is 0 Å². The van der Waals surface area contributed by atoms with E-state index in [1.54, 1.807) is 0 Å². The molecule has 8 heteroatoms. The molecular formula is C14H15F2N5O. The normalized spacial score (nSPS) is 14.3. The lowest BCUT2D eigenvalue weighted by molar-refractivity contribution is 0.0939. The fourth-order valence-electron chi connectivity index (χ4n) is 2.50. The molecule has 0 fully saturated rings. The maximum absolute atomic E-state index is 13.5. The molecule has 2 aromatic heterocycles. The molecule has 116 valence electrons. The van der Waals surface area contributed by atoms with Crippen molar-refractivity contribution in [2.75, 3.05) is 0 Å². The average Bonchev–Trinajstić information content (AvgIpc) is 2.72. The Bertz CT molecular complexity index is 701. The lowest BCUT2D eigenvalue weighted by atomic mass is 10.2. The number of hydrogen-bond donors (Lipinski definition) is 1. The van der Waals surface area contributed by atoms with Crippen LogP contribution in [-0.4, -0.2) is 25.7 Å². The van der Waals surface area contributed by atoms with Crippen molar-refractivity contribution in [3.63, 3.8) is 0 Å². The number of rotatable bonds is 3. The summed E-state index contributed by atoms with van der Waals surface area (Å²) in [4.78, 5) is 15.4. The van der Waals surface area contributed by atoms with E-state index in [1.165, 1.54) is 0 Å². The minimum atomic E-state index is -0.988. The first kappa shape index (κ1) is 14.6. The summed E-state index contributed by atoms with van der Waals surface area (Å²) in [6.07, 6.45) is 4.94. The Hall–Kier alpha value is -2.38. The highest BCUT2D eigenvalue weighted by molar-refractivity contribution is 5.92. The van der Waals surface area contributed by atoms with E-state index in [9.17, 15) is 13.6 Å². The van der Waals surface area contributed by atoms with Gasteiger partial charge in [-0.1, -0.05) is 6.42 Å². The molecule has 1 N–H and O–H groups in total. The summed E-state index contributed by atoms with van der Waals surface area (Å²) in [5.41, 5.74) is -0.433. The van der Waals surface area contributed by atoms with Crippen LogP contribution in [0.4, 0.5) is 8.78 Å². The Kier molecular flexibility index (Phi) is 4.08. The van der Waals surface area contributed by atoms with Gasteiger partial charge in [0.15, 0.2) is 17.3 Å². The summed E-state index contributed by atoms with van der Waals surface area (Å²) < 4.78 is 28.3. The molecule has 0 aliphatic carbocycles. The van der Waals surface area contributed by atoms with Crippen molar-refractivity contribution in [1.29, 1.82) is 0 Å². The van der Waals surface area contributed by atoms with Crippen LogP contribution in [-0.2, 0) is 19.5 Å². The van der Waals surface area contributed by atoms with Gasteiger partial charge in [0.25, 0.3) is 5.91 Å². The third kappa shape index (κ3) is 2.95. The predicted octanol–water partition coefficient (Wildman–Crippen LogP) is 1.61. The largest absolute Gasteiger partial charge is 0.343 e. The Labute approximate surface area is 125 Å². The molecule has 22 heavy (non-hydrogen) atoms. The standard InChI is InChI=1S/C14H15F2N5O/c15-9-6-10(16)13(17-7-9)14(22)18-8-12-20-19-11-4-2-1-3-5-21(11)12/h6-7H,1-5,8H2,(H,18,22). The van der Waals surface area contributed by atoms with Gasteiger partial charge in [-0.3, -0.25) is 4.79 Å². The van der Waals surface area contributed by atoms with Gasteiger partial charge in [0.1, 0.15) is 11.6 Å². The minimum absolute atomic E-state index is 0.129. The summed E-state index contributed by atoms with van der Waals surface area (Å²) in [5, 5.41) is 10.7. The van der Waals surface area contributed by atoms with Crippen molar-refractivity contribution < 1.29 is 13.6 Å². The molecule has 1 aliphatic rings. The van der Waals surface area contributed by atoms with Crippen molar-refractivity contribution in [2.45, 2.75) is 38.8 Å². The average molecular weight is 307 g/mol. The molecule has 0 saturated heterocycles. The van der Waals surface area contributed by atoms with Gasteiger partial charge in [-0.05, 0) is 12.8 Å². The molecule has 3 heterocycles. The van der Waals surface area contributed by atoms with Gasteiger partial charge in [0, 0.05) is 19.0 Å². The van der Waals surface area contributed by atoms with Crippen LogP contribution in [0, 0.1) is 11.6 Å². The van der Waals surface area contributed by atoms with E-state index in [-0.39, 0.29) is 6.54 Å². The number of nitrogens with zero attached hydrogens (tertiary/aromatic N) is 4. The van der Waals surface area contributed by atoms with E-state index in [2.05, 4.69) is 20.5 Å². The molecule has 0 aromatic carbocycles. The molecule has 0 saturated carbocycles. The number of carbonyl (C=O) groups excluding carboxylic acids is 1. The lowest BCUT2D eigenvalue weighted by Crippen LogP contribution is -2.26. The molecule has 6 nitrogen and oxygen atoms in total. The zero-order valence-corrected chi connectivity index (χ0v) is 11.9. The molecule has 3 rings (SSSR count). The number of aryl methyl sites for hydroxylation is 1. The number of nitrogens with one attached hydrogen (secondary N) is 1. The minimum Gasteiger partial charge on any atom is -0.343 e. The number of fused-ring (bicyclic) bond motifs is 1. The van der Waals surface area contributed by atoms with E-state index in [0.717, 1.165) is 44.2 Å². The SMILES string of the molecule is O=C(NCc1nnc2n1CCCCC2)c1ncc(F)cc1F. The van der Waals surface area contributed by atoms with E-state index < -0.39 is 23.2 Å². The second kappa shape index (κ2) is 6.17. The Morgan fingerprint density at radius 1 is 1.27 bits per heavy atom. The zero-order valence-electron chi connectivity index (χ0n) is 11.9. The van der Waals surface area contributed by atoms with Crippen LogP contribution in [0.1, 0.15) is 41.4 Å². The summed E-state index contributed by atoms with van der Waals surface area (Å²) >= 11 is 0. The van der Waals surface area contributed by atoms with E-state index in [1.807, 2.05) is 4.57 Å². The van der Waals surface area contributed by atoms with Crippen molar-refractivity contribution >= 4 is 5.91 Å². The zero-order chi connectivity index (χ0) is 15.5. The number of aromatic nitrogens is 4. The molecule has 0 unspecified atom stereocenters. The van der Waals surface area contributed by atoms with Gasteiger partial charge in [-0.15, -0.1) is 10.2 Å². The molecule has 2 aromatic rings. The quantitative estimate of drug-likeness (QED) is 0.935. The molecule has 0 bridgehead atoms. The van der Waals surface area contributed by atoms with Gasteiger partial charge in [-0.25, -0.2) is 13.8 Å². The second-order valence-corrected chi connectivity index (χ2v) is 5.16. The van der Waals surface area contributed by atoms with Crippen LogP contribution in [0.15, 0.2) is 12.3 Å². The number of pyridine rings is 1. The number of carbonyl (C=O) groups is 1. The second-order valence-electron chi connectivity index (χ2n) is 5.16. The van der Waals surface area contributed by atoms with Gasteiger partial charge in [-0.2, -0.15) is 0 Å². The maximum atomic E-state index is 13.5. The van der Waals surface area contributed by atoms with Crippen molar-refractivity contribution in [3.8, 4) is 0 Å². The first-order chi connectivity index (χ1) is 10.6. The number of hydrogen-bond acceptors (Lipinski definition) is 4. The van der Waals surface area contributed by atoms with Crippen LogP contribution in [0.25, 0.3) is 0 Å². The number of amides is 1. The number of halogens is 2. The molecule has 1 aliphatic heterocycles. The monoisotopic (exact) mass is 307 g/mol. The molecule has 0 spiro atoms. The fourth-order valence-corrected chi connectivity index (χ4v) is 2.50. The smallest absolute Gasteiger partial charge is 0.273 e. The van der Waals surface area contributed by atoms with Crippen LogP contribution in [0.5, 0.6) is 0 Å². The third-order valence-electron chi connectivity index (χ3n) is 3.62. The Balaban J connectivity index is 1.70. The molecular weight excluding hydrogens is 292 g/mol. The highest BCUT2D eigenvalue weighted by Gasteiger charge is 2.18. The Morgan fingerprint density at radius 2 is 2.14 bits per heavy atom.